The first-order valence-corrected chi connectivity index (χ1v) is 10.1. The molecule has 27 heavy (non-hydrogen) atoms. The number of aryl methyl sites for hydroxylation is 1. The molecule has 5 heteroatoms. The Balaban J connectivity index is 2.04. The molecule has 1 amide bonds. The second-order valence-electron chi connectivity index (χ2n) is 7.57. The molecule has 1 atom stereocenters. The number of methoxy groups -OCH3 is 1. The van der Waals surface area contributed by atoms with Crippen LogP contribution in [0.25, 0.3) is 0 Å². The Bertz CT molecular complexity index is 591. The summed E-state index contributed by atoms with van der Waals surface area (Å²) in [6, 6.07) is 7.85. The van der Waals surface area contributed by atoms with Gasteiger partial charge in [0, 0.05) is 12.6 Å². The Kier molecular flexibility index (Phi) is 8.62. The summed E-state index contributed by atoms with van der Waals surface area (Å²) >= 11 is 0. The van der Waals surface area contributed by atoms with Crippen LogP contribution in [0.3, 0.4) is 0 Å². The van der Waals surface area contributed by atoms with Crippen LogP contribution in [0, 0.1) is 12.8 Å². The highest BCUT2D eigenvalue weighted by atomic mass is 16.5. The van der Waals surface area contributed by atoms with Gasteiger partial charge in [-0.2, -0.15) is 0 Å². The van der Waals surface area contributed by atoms with Gasteiger partial charge in [0.2, 0.25) is 0 Å². The number of rotatable bonds is 7. The molecule has 1 aromatic carbocycles. The van der Waals surface area contributed by atoms with E-state index in [-0.39, 0.29) is 30.4 Å². The second-order valence-corrected chi connectivity index (χ2v) is 7.57. The van der Waals surface area contributed by atoms with Crippen LogP contribution in [0.1, 0.15) is 57.4 Å². The Morgan fingerprint density at radius 2 is 1.67 bits per heavy atom. The van der Waals surface area contributed by atoms with Crippen molar-refractivity contribution >= 4 is 11.9 Å². The van der Waals surface area contributed by atoms with Crippen LogP contribution in [0.15, 0.2) is 24.3 Å². The number of nitrogens with zero attached hydrogens (tertiary/aromatic N) is 1. The minimum atomic E-state index is -0.344. The molecule has 1 aromatic rings. The van der Waals surface area contributed by atoms with E-state index in [0.29, 0.717) is 12.3 Å². The first kappa shape index (κ1) is 21.3. The molecule has 0 aliphatic heterocycles. The molecule has 0 heterocycles. The zero-order valence-electron chi connectivity index (χ0n) is 16.9. The fourth-order valence-electron chi connectivity index (χ4n) is 3.63. The predicted octanol–water partition coefficient (Wildman–Crippen LogP) is 4.12. The van der Waals surface area contributed by atoms with E-state index < -0.39 is 0 Å². The van der Waals surface area contributed by atoms with Crippen molar-refractivity contribution in [1.29, 1.82) is 0 Å². The van der Waals surface area contributed by atoms with Gasteiger partial charge in [0.15, 0.2) is 6.61 Å². The third kappa shape index (κ3) is 6.89. The van der Waals surface area contributed by atoms with Crippen molar-refractivity contribution < 1.29 is 19.1 Å². The second kappa shape index (κ2) is 11.0. The van der Waals surface area contributed by atoms with Gasteiger partial charge in [-0.15, -0.1) is 0 Å². The first-order valence-electron chi connectivity index (χ1n) is 10.1. The van der Waals surface area contributed by atoms with E-state index in [4.69, 9.17) is 9.47 Å². The van der Waals surface area contributed by atoms with Crippen molar-refractivity contribution in [3.05, 3.63) is 29.8 Å². The number of carbonyl (C=O) groups is 2. The smallest absolute Gasteiger partial charge is 0.310 e. The molecule has 5 nitrogen and oxygen atoms in total. The zero-order chi connectivity index (χ0) is 19.6. The van der Waals surface area contributed by atoms with Crippen LogP contribution in [0.2, 0.25) is 0 Å². The average molecular weight is 376 g/mol. The monoisotopic (exact) mass is 375 g/mol. The lowest BCUT2D eigenvalue weighted by atomic mass is 9.94. The number of benzene rings is 1. The van der Waals surface area contributed by atoms with Crippen molar-refractivity contribution in [3.63, 3.8) is 0 Å². The Morgan fingerprint density at radius 1 is 1.07 bits per heavy atom. The third-order valence-corrected chi connectivity index (χ3v) is 5.29. The van der Waals surface area contributed by atoms with Crippen LogP contribution in [0.4, 0.5) is 0 Å². The standard InChI is InChI=1S/C22H33NO4/c1-17-11-13-20(14-12-17)27-16-21(24)23(15-18(2)22(25)26-3)19-9-7-5-4-6-8-10-19/h11-14,18-19H,4-10,15-16H2,1-3H3. The van der Waals surface area contributed by atoms with Crippen molar-refractivity contribution in [1.82, 2.24) is 4.90 Å². The van der Waals surface area contributed by atoms with Gasteiger partial charge in [-0.3, -0.25) is 9.59 Å². The molecular formula is C22H33NO4. The lowest BCUT2D eigenvalue weighted by molar-refractivity contribution is -0.147. The molecule has 0 saturated heterocycles. The normalized spacial score (nSPS) is 16.7. The van der Waals surface area contributed by atoms with E-state index in [0.717, 1.165) is 31.2 Å². The number of hydrogen-bond donors (Lipinski definition) is 0. The molecule has 0 aromatic heterocycles. The molecule has 1 aliphatic rings. The summed E-state index contributed by atoms with van der Waals surface area (Å²) in [5.74, 6) is 0.00588. The third-order valence-electron chi connectivity index (χ3n) is 5.29. The summed E-state index contributed by atoms with van der Waals surface area (Å²) in [6.07, 6.45) is 7.93. The highest BCUT2D eigenvalue weighted by Crippen LogP contribution is 2.23. The van der Waals surface area contributed by atoms with Crippen LogP contribution < -0.4 is 4.74 Å². The topological polar surface area (TPSA) is 55.8 Å². The average Bonchev–Trinajstić information content (AvgIpc) is 2.65. The molecular weight excluding hydrogens is 342 g/mol. The maximum absolute atomic E-state index is 13.0. The van der Waals surface area contributed by atoms with Gasteiger partial charge in [0.1, 0.15) is 5.75 Å². The van der Waals surface area contributed by atoms with Crippen LogP contribution in [-0.4, -0.2) is 43.1 Å². The molecule has 1 aliphatic carbocycles. The Labute approximate surface area is 163 Å². The molecule has 1 fully saturated rings. The Morgan fingerprint density at radius 3 is 2.26 bits per heavy atom. The summed E-state index contributed by atoms with van der Waals surface area (Å²) in [4.78, 5) is 26.7. The van der Waals surface area contributed by atoms with Crippen LogP contribution >= 0.6 is 0 Å². The molecule has 0 spiro atoms. The van der Waals surface area contributed by atoms with E-state index in [1.54, 1.807) is 0 Å². The maximum atomic E-state index is 13.0. The van der Waals surface area contributed by atoms with Gasteiger partial charge in [0.05, 0.1) is 13.0 Å². The van der Waals surface area contributed by atoms with Crippen LogP contribution in [0.5, 0.6) is 5.75 Å². The highest BCUT2D eigenvalue weighted by molar-refractivity contribution is 5.79. The lowest BCUT2D eigenvalue weighted by Gasteiger charge is -2.34. The largest absolute Gasteiger partial charge is 0.484 e. The number of carbonyl (C=O) groups excluding carboxylic acids is 2. The number of ether oxygens (including phenoxy) is 2. The van der Waals surface area contributed by atoms with Crippen molar-refractivity contribution in [3.8, 4) is 5.75 Å². The van der Waals surface area contributed by atoms with E-state index in [2.05, 4.69) is 0 Å². The van der Waals surface area contributed by atoms with Gasteiger partial charge < -0.3 is 14.4 Å². The quantitative estimate of drug-likeness (QED) is 0.673. The first-order chi connectivity index (χ1) is 13.0. The van der Waals surface area contributed by atoms with Gasteiger partial charge in [0.25, 0.3) is 5.91 Å². The minimum absolute atomic E-state index is 0.00649. The molecule has 2 rings (SSSR count). The minimum Gasteiger partial charge on any atom is -0.484 e. The van der Waals surface area contributed by atoms with Gasteiger partial charge in [-0.1, -0.05) is 56.7 Å². The van der Waals surface area contributed by atoms with Crippen molar-refractivity contribution in [2.75, 3.05) is 20.3 Å². The highest BCUT2D eigenvalue weighted by Gasteiger charge is 2.28. The van der Waals surface area contributed by atoms with Crippen molar-refractivity contribution in [2.45, 2.75) is 64.8 Å². The van der Waals surface area contributed by atoms with Gasteiger partial charge in [-0.25, -0.2) is 0 Å². The fourth-order valence-corrected chi connectivity index (χ4v) is 3.63. The number of hydrogen-bond acceptors (Lipinski definition) is 4. The molecule has 150 valence electrons. The molecule has 0 radical (unpaired) electrons. The summed E-state index contributed by atoms with van der Waals surface area (Å²) in [5.41, 5.74) is 1.15. The van der Waals surface area contributed by atoms with E-state index in [1.807, 2.05) is 43.0 Å². The summed E-state index contributed by atoms with van der Waals surface area (Å²) in [6.45, 7) is 4.20. The summed E-state index contributed by atoms with van der Waals surface area (Å²) in [5, 5.41) is 0. The fraction of sp³-hybridized carbons (Fsp3) is 0.636. The summed E-state index contributed by atoms with van der Waals surface area (Å²) < 4.78 is 10.6. The number of amides is 1. The molecule has 1 unspecified atom stereocenters. The summed E-state index contributed by atoms with van der Waals surface area (Å²) in [7, 11) is 1.39. The van der Waals surface area contributed by atoms with E-state index in [9.17, 15) is 9.59 Å². The Hall–Kier alpha value is -2.04. The van der Waals surface area contributed by atoms with E-state index in [1.165, 1.54) is 26.4 Å². The molecule has 1 saturated carbocycles. The number of esters is 1. The maximum Gasteiger partial charge on any atom is 0.310 e. The SMILES string of the molecule is COC(=O)C(C)CN(C(=O)COc1ccc(C)cc1)C1CCCCCCC1. The molecule has 0 bridgehead atoms. The zero-order valence-corrected chi connectivity index (χ0v) is 16.9. The van der Waals surface area contributed by atoms with E-state index >= 15 is 0 Å². The molecule has 0 N–H and O–H groups in total. The predicted molar refractivity (Wildman–Crippen MR) is 106 cm³/mol. The van der Waals surface area contributed by atoms with Gasteiger partial charge >= 0.3 is 5.97 Å². The van der Waals surface area contributed by atoms with Gasteiger partial charge in [-0.05, 0) is 31.9 Å². The van der Waals surface area contributed by atoms with Crippen LogP contribution in [-0.2, 0) is 14.3 Å². The van der Waals surface area contributed by atoms with Crippen molar-refractivity contribution in [2.24, 2.45) is 5.92 Å². The lowest BCUT2D eigenvalue weighted by Crippen LogP contribution is -2.46.